The Labute approximate surface area is 123 Å². The number of rotatable bonds is 4. The largest absolute Gasteiger partial charge is 0.454 e. The molecule has 2 rings (SSSR count). The number of benzene rings is 1. The van der Waals surface area contributed by atoms with Gasteiger partial charge in [-0.15, -0.1) is 0 Å². The van der Waals surface area contributed by atoms with Crippen molar-refractivity contribution in [1.82, 2.24) is 0 Å². The van der Waals surface area contributed by atoms with Crippen LogP contribution < -0.4 is 4.31 Å². The summed E-state index contributed by atoms with van der Waals surface area (Å²) in [5.74, 6) is -0.820. The zero-order valence-electron chi connectivity index (χ0n) is 12.1. The standard InChI is InChI=1S/C14H17NO5S/c1-9-6-12-7-11(14(17)20-8-10(2)16)4-5-13(12)15(9)21(3,18)19/h4-5,7,9H,6,8H2,1-3H3/t9-/m0/s1. The van der Waals surface area contributed by atoms with E-state index in [1.165, 1.54) is 17.3 Å². The van der Waals surface area contributed by atoms with E-state index in [9.17, 15) is 18.0 Å². The van der Waals surface area contributed by atoms with Crippen molar-refractivity contribution < 1.29 is 22.7 Å². The van der Waals surface area contributed by atoms with Gasteiger partial charge in [-0.05, 0) is 44.0 Å². The second kappa shape index (κ2) is 5.48. The maximum absolute atomic E-state index is 11.8. The van der Waals surface area contributed by atoms with Gasteiger partial charge in [0.05, 0.1) is 17.5 Å². The second-order valence-electron chi connectivity index (χ2n) is 5.23. The third kappa shape index (κ3) is 3.24. The molecule has 0 radical (unpaired) electrons. The highest BCUT2D eigenvalue weighted by molar-refractivity contribution is 7.92. The van der Waals surface area contributed by atoms with Crippen molar-refractivity contribution in [3.63, 3.8) is 0 Å². The lowest BCUT2D eigenvalue weighted by Gasteiger charge is -2.21. The van der Waals surface area contributed by atoms with Crippen molar-refractivity contribution in [2.24, 2.45) is 0 Å². The Bertz CT molecular complexity index is 695. The summed E-state index contributed by atoms with van der Waals surface area (Å²) in [7, 11) is -3.35. The first-order chi connectivity index (χ1) is 9.70. The third-order valence-electron chi connectivity index (χ3n) is 3.23. The van der Waals surface area contributed by atoms with Crippen LogP contribution in [0.25, 0.3) is 0 Å². The van der Waals surface area contributed by atoms with Crippen molar-refractivity contribution in [1.29, 1.82) is 0 Å². The van der Waals surface area contributed by atoms with Gasteiger partial charge in [0.15, 0.2) is 5.78 Å². The molecule has 0 aliphatic carbocycles. The molecule has 0 saturated carbocycles. The van der Waals surface area contributed by atoms with E-state index >= 15 is 0 Å². The highest BCUT2D eigenvalue weighted by atomic mass is 32.2. The van der Waals surface area contributed by atoms with E-state index in [2.05, 4.69) is 0 Å². The summed E-state index contributed by atoms with van der Waals surface area (Å²) in [5.41, 5.74) is 1.69. The van der Waals surface area contributed by atoms with E-state index < -0.39 is 16.0 Å². The normalized spacial score (nSPS) is 17.5. The molecule has 0 saturated heterocycles. The minimum atomic E-state index is -3.35. The number of carbonyl (C=O) groups excluding carboxylic acids is 2. The Morgan fingerprint density at radius 2 is 2.05 bits per heavy atom. The summed E-state index contributed by atoms with van der Waals surface area (Å²) in [6.07, 6.45) is 1.70. The number of nitrogens with zero attached hydrogens (tertiary/aromatic N) is 1. The summed E-state index contributed by atoms with van der Waals surface area (Å²) >= 11 is 0. The lowest BCUT2D eigenvalue weighted by molar-refractivity contribution is -0.120. The minimum absolute atomic E-state index is 0.182. The van der Waals surface area contributed by atoms with E-state index in [1.54, 1.807) is 12.1 Å². The first-order valence-corrected chi connectivity index (χ1v) is 8.34. The molecule has 0 spiro atoms. The van der Waals surface area contributed by atoms with Gasteiger partial charge >= 0.3 is 5.97 Å². The number of Topliss-reactive ketones (excluding diaryl/α,β-unsaturated/α-hetero) is 1. The molecule has 0 bridgehead atoms. The van der Waals surface area contributed by atoms with Crippen molar-refractivity contribution in [2.75, 3.05) is 17.2 Å². The Morgan fingerprint density at radius 3 is 2.62 bits per heavy atom. The molecule has 0 N–H and O–H groups in total. The van der Waals surface area contributed by atoms with Gasteiger partial charge in [-0.1, -0.05) is 0 Å². The zero-order chi connectivity index (χ0) is 15.8. The van der Waals surface area contributed by atoms with Gasteiger partial charge in [0.1, 0.15) is 6.61 Å². The predicted octanol–water partition coefficient (Wildman–Crippen LogP) is 1.14. The summed E-state index contributed by atoms with van der Waals surface area (Å²) in [6.45, 7) is 2.89. The molecular formula is C14H17NO5S. The van der Waals surface area contributed by atoms with Gasteiger partial charge in [-0.2, -0.15) is 0 Å². The highest BCUT2D eigenvalue weighted by Crippen LogP contribution is 2.34. The molecule has 21 heavy (non-hydrogen) atoms. The maximum atomic E-state index is 11.8. The summed E-state index contributed by atoms with van der Waals surface area (Å²) in [5, 5.41) is 0. The van der Waals surface area contributed by atoms with E-state index in [1.807, 2.05) is 6.92 Å². The molecular weight excluding hydrogens is 294 g/mol. The Hall–Kier alpha value is -1.89. The molecule has 1 heterocycles. The van der Waals surface area contributed by atoms with Gasteiger partial charge < -0.3 is 4.74 Å². The van der Waals surface area contributed by atoms with Gasteiger partial charge in [-0.3, -0.25) is 9.10 Å². The first-order valence-electron chi connectivity index (χ1n) is 6.49. The van der Waals surface area contributed by atoms with Crippen LogP contribution >= 0.6 is 0 Å². The number of hydrogen-bond donors (Lipinski definition) is 0. The Morgan fingerprint density at radius 1 is 1.38 bits per heavy atom. The average molecular weight is 311 g/mol. The summed E-state index contributed by atoms with van der Waals surface area (Å²) in [4.78, 5) is 22.6. The molecule has 1 aromatic rings. The number of fused-ring (bicyclic) bond motifs is 1. The zero-order valence-corrected chi connectivity index (χ0v) is 12.9. The number of hydrogen-bond acceptors (Lipinski definition) is 5. The number of ketones is 1. The monoisotopic (exact) mass is 311 g/mol. The fraction of sp³-hybridized carbons (Fsp3) is 0.429. The SMILES string of the molecule is CC(=O)COC(=O)c1ccc2c(c1)C[C@H](C)N2S(C)(=O)=O. The van der Waals surface area contributed by atoms with Crippen LogP contribution in [0.2, 0.25) is 0 Å². The molecule has 0 unspecified atom stereocenters. The number of carbonyl (C=O) groups is 2. The second-order valence-corrected chi connectivity index (χ2v) is 7.09. The van der Waals surface area contributed by atoms with Gasteiger partial charge in [0.2, 0.25) is 10.0 Å². The number of ether oxygens (including phenoxy) is 1. The Kier molecular flexibility index (Phi) is 4.04. The summed E-state index contributed by atoms with van der Waals surface area (Å²) < 4.78 is 29.8. The Balaban J connectivity index is 2.28. The molecule has 0 aromatic heterocycles. The van der Waals surface area contributed by atoms with Crippen LogP contribution in [0.3, 0.4) is 0 Å². The molecule has 0 fully saturated rings. The quantitative estimate of drug-likeness (QED) is 0.779. The lowest BCUT2D eigenvalue weighted by Crippen LogP contribution is -2.34. The molecule has 6 nitrogen and oxygen atoms in total. The van der Waals surface area contributed by atoms with Crippen LogP contribution in [-0.2, 0) is 26.0 Å². The fourth-order valence-corrected chi connectivity index (χ4v) is 3.75. The smallest absolute Gasteiger partial charge is 0.338 e. The topological polar surface area (TPSA) is 80.8 Å². The molecule has 0 amide bonds. The molecule has 7 heteroatoms. The highest BCUT2D eigenvalue weighted by Gasteiger charge is 2.32. The van der Waals surface area contributed by atoms with E-state index in [0.29, 0.717) is 17.7 Å². The van der Waals surface area contributed by atoms with E-state index in [4.69, 9.17) is 4.74 Å². The van der Waals surface area contributed by atoms with Crippen LogP contribution in [0.5, 0.6) is 0 Å². The van der Waals surface area contributed by atoms with Crippen LogP contribution in [-0.4, -0.2) is 39.1 Å². The fourth-order valence-electron chi connectivity index (χ4n) is 2.49. The average Bonchev–Trinajstić information content (AvgIpc) is 2.70. The van der Waals surface area contributed by atoms with Gasteiger partial charge in [0.25, 0.3) is 0 Å². The number of anilines is 1. The van der Waals surface area contributed by atoms with Crippen LogP contribution in [0.15, 0.2) is 18.2 Å². The third-order valence-corrected chi connectivity index (χ3v) is 4.50. The van der Waals surface area contributed by atoms with Crippen molar-refractivity contribution in [2.45, 2.75) is 26.3 Å². The van der Waals surface area contributed by atoms with Crippen molar-refractivity contribution in [3.05, 3.63) is 29.3 Å². The van der Waals surface area contributed by atoms with Gasteiger partial charge in [0, 0.05) is 6.04 Å². The summed E-state index contributed by atoms with van der Waals surface area (Å²) in [6, 6.07) is 4.56. The number of esters is 1. The first kappa shape index (κ1) is 15.5. The van der Waals surface area contributed by atoms with Crippen molar-refractivity contribution >= 4 is 27.5 Å². The van der Waals surface area contributed by atoms with Gasteiger partial charge in [-0.25, -0.2) is 13.2 Å². The predicted molar refractivity (Wildman–Crippen MR) is 77.9 cm³/mol. The molecule has 1 aliphatic rings. The molecule has 1 aliphatic heterocycles. The molecule has 1 atom stereocenters. The maximum Gasteiger partial charge on any atom is 0.338 e. The van der Waals surface area contributed by atoms with Crippen LogP contribution in [0.4, 0.5) is 5.69 Å². The van der Waals surface area contributed by atoms with Crippen LogP contribution in [0, 0.1) is 0 Å². The molecule has 1 aromatic carbocycles. The van der Waals surface area contributed by atoms with Crippen molar-refractivity contribution in [3.8, 4) is 0 Å². The van der Waals surface area contributed by atoms with E-state index in [0.717, 1.165) is 11.8 Å². The molecule has 114 valence electrons. The van der Waals surface area contributed by atoms with Crippen LogP contribution in [0.1, 0.15) is 29.8 Å². The van der Waals surface area contributed by atoms with E-state index in [-0.39, 0.29) is 18.4 Å². The minimum Gasteiger partial charge on any atom is -0.454 e. The number of sulfonamides is 1. The lowest BCUT2D eigenvalue weighted by atomic mass is 10.1.